The number of aromatic nitrogens is 2. The molecule has 1 aliphatic rings. The molecule has 1 atom stereocenters. The maximum absolute atomic E-state index is 12.7. The maximum Gasteiger partial charge on any atom is 0.280 e. The second-order valence-electron chi connectivity index (χ2n) is 7.10. The summed E-state index contributed by atoms with van der Waals surface area (Å²) in [7, 11) is 0. The van der Waals surface area contributed by atoms with Gasteiger partial charge in [-0.3, -0.25) is 4.79 Å². The summed E-state index contributed by atoms with van der Waals surface area (Å²) in [4.78, 5) is 17.2. The zero-order valence-electron chi connectivity index (χ0n) is 15.2. The lowest BCUT2D eigenvalue weighted by molar-refractivity contribution is 0.603. The molecule has 1 unspecified atom stereocenters. The highest BCUT2D eigenvalue weighted by atomic mass is 16.1. The molecule has 0 fully saturated rings. The molecule has 0 bridgehead atoms. The van der Waals surface area contributed by atoms with Crippen LogP contribution in [0.4, 0.5) is 0 Å². The van der Waals surface area contributed by atoms with E-state index in [1.165, 1.54) is 11.1 Å². The molecule has 4 nitrogen and oxygen atoms in total. The van der Waals surface area contributed by atoms with Crippen molar-refractivity contribution in [3.8, 4) is 6.07 Å². The molecule has 4 heteroatoms. The fraction of sp³-hybridized carbons (Fsp3) is 0.125. The van der Waals surface area contributed by atoms with E-state index in [9.17, 15) is 10.1 Å². The van der Waals surface area contributed by atoms with E-state index in [1.807, 2.05) is 60.7 Å². The summed E-state index contributed by atoms with van der Waals surface area (Å²) in [5, 5.41) is 10.1. The van der Waals surface area contributed by atoms with Crippen LogP contribution in [0.25, 0.3) is 10.9 Å². The molecule has 0 radical (unpaired) electrons. The number of benzene rings is 3. The molecule has 0 saturated carbocycles. The van der Waals surface area contributed by atoms with E-state index in [1.54, 1.807) is 0 Å². The Hall–Kier alpha value is -3.71. The van der Waals surface area contributed by atoms with Crippen molar-refractivity contribution < 1.29 is 0 Å². The van der Waals surface area contributed by atoms with Crippen molar-refractivity contribution in [3.63, 3.8) is 0 Å². The van der Waals surface area contributed by atoms with Gasteiger partial charge in [0.1, 0.15) is 5.82 Å². The number of para-hydroxylation sites is 1. The monoisotopic (exact) mass is 363 g/mol. The molecule has 1 aromatic heterocycles. The predicted octanol–water partition coefficient (Wildman–Crippen LogP) is 4.00. The van der Waals surface area contributed by atoms with Gasteiger partial charge in [0, 0.05) is 12.5 Å². The average Bonchev–Trinajstić information content (AvgIpc) is 2.75. The first-order valence-corrected chi connectivity index (χ1v) is 9.31. The maximum atomic E-state index is 12.7. The summed E-state index contributed by atoms with van der Waals surface area (Å²) in [6.45, 7) is 0.690. The van der Waals surface area contributed by atoms with Crippen LogP contribution < -0.4 is 5.56 Å². The Labute approximate surface area is 162 Å². The molecule has 5 rings (SSSR count). The number of nitriles is 1. The van der Waals surface area contributed by atoms with E-state index in [-0.39, 0.29) is 11.5 Å². The van der Waals surface area contributed by atoms with Crippen molar-refractivity contribution in [2.24, 2.45) is 0 Å². The van der Waals surface area contributed by atoms with Crippen molar-refractivity contribution in [1.29, 1.82) is 5.26 Å². The standard InChI is InChI=1S/C24H17N3O/c25-14-17-8-2-1-7-16(17)13-21-19-10-4-3-9-18(19)15-27-22-12-6-5-11-20(22)24(28)26-23(21)27/h1-12,21H,13,15H2. The number of fused-ring (bicyclic) bond motifs is 4. The molecule has 0 N–H and O–H groups in total. The summed E-state index contributed by atoms with van der Waals surface area (Å²) in [5.74, 6) is 0.701. The van der Waals surface area contributed by atoms with Gasteiger partial charge in [-0.25, -0.2) is 0 Å². The summed E-state index contributed by atoms with van der Waals surface area (Å²) in [5.41, 5.74) is 4.76. The van der Waals surface area contributed by atoms with Gasteiger partial charge in [-0.05, 0) is 41.3 Å². The topological polar surface area (TPSA) is 58.7 Å². The zero-order chi connectivity index (χ0) is 19.1. The van der Waals surface area contributed by atoms with E-state index in [0.717, 1.165) is 16.9 Å². The summed E-state index contributed by atoms with van der Waals surface area (Å²) in [6.07, 6.45) is 0.630. The Balaban J connectivity index is 1.76. The smallest absolute Gasteiger partial charge is 0.280 e. The molecular formula is C24H17N3O. The molecule has 2 heterocycles. The van der Waals surface area contributed by atoms with Gasteiger partial charge in [-0.1, -0.05) is 54.6 Å². The fourth-order valence-electron chi connectivity index (χ4n) is 4.23. The van der Waals surface area contributed by atoms with Crippen LogP contribution in [0, 0.1) is 11.3 Å². The minimum absolute atomic E-state index is 0.0724. The Kier molecular flexibility index (Phi) is 3.80. The Morgan fingerprint density at radius 3 is 2.64 bits per heavy atom. The second kappa shape index (κ2) is 6.47. The van der Waals surface area contributed by atoms with Gasteiger partial charge in [0.15, 0.2) is 0 Å². The third-order valence-electron chi connectivity index (χ3n) is 5.55. The fourth-order valence-corrected chi connectivity index (χ4v) is 4.23. The number of rotatable bonds is 2. The predicted molar refractivity (Wildman–Crippen MR) is 108 cm³/mol. The lowest BCUT2D eigenvalue weighted by Crippen LogP contribution is -2.28. The Morgan fingerprint density at radius 2 is 1.75 bits per heavy atom. The highest BCUT2D eigenvalue weighted by Gasteiger charge is 2.29. The summed E-state index contributed by atoms with van der Waals surface area (Å²) >= 11 is 0. The molecular weight excluding hydrogens is 346 g/mol. The van der Waals surface area contributed by atoms with Gasteiger partial charge in [-0.15, -0.1) is 0 Å². The van der Waals surface area contributed by atoms with Crippen LogP contribution in [-0.2, 0) is 13.0 Å². The SMILES string of the molecule is N#Cc1ccccc1CC1c2ccccc2Cn2c1nc(=O)c1ccccc12. The average molecular weight is 363 g/mol. The normalized spacial score (nSPS) is 14.9. The lowest BCUT2D eigenvalue weighted by atomic mass is 9.84. The number of hydrogen-bond acceptors (Lipinski definition) is 3. The first kappa shape index (κ1) is 16.5. The van der Waals surface area contributed by atoms with Crippen molar-refractivity contribution >= 4 is 10.9 Å². The Morgan fingerprint density at radius 1 is 1.00 bits per heavy atom. The molecule has 0 spiro atoms. The highest BCUT2D eigenvalue weighted by Crippen LogP contribution is 2.36. The first-order chi connectivity index (χ1) is 13.8. The molecule has 3 aromatic carbocycles. The van der Waals surface area contributed by atoms with Crippen LogP contribution in [-0.4, -0.2) is 9.55 Å². The van der Waals surface area contributed by atoms with Gasteiger partial charge in [-0.2, -0.15) is 10.2 Å². The van der Waals surface area contributed by atoms with Crippen LogP contribution in [0.1, 0.15) is 34.0 Å². The van der Waals surface area contributed by atoms with Crippen LogP contribution >= 0.6 is 0 Å². The Bertz CT molecular complexity index is 1310. The van der Waals surface area contributed by atoms with Crippen molar-refractivity contribution in [1.82, 2.24) is 9.55 Å². The molecule has 0 amide bonds. The number of hydrogen-bond donors (Lipinski definition) is 0. The largest absolute Gasteiger partial charge is 0.324 e. The van der Waals surface area contributed by atoms with E-state index < -0.39 is 0 Å². The van der Waals surface area contributed by atoms with Gasteiger partial charge in [0.2, 0.25) is 0 Å². The first-order valence-electron chi connectivity index (χ1n) is 9.31. The third-order valence-corrected chi connectivity index (χ3v) is 5.55. The molecule has 1 aliphatic heterocycles. The number of nitrogens with zero attached hydrogens (tertiary/aromatic N) is 3. The lowest BCUT2D eigenvalue weighted by Gasteiger charge is -2.30. The van der Waals surface area contributed by atoms with E-state index in [4.69, 9.17) is 0 Å². The van der Waals surface area contributed by atoms with Gasteiger partial charge in [0.05, 0.1) is 22.5 Å². The van der Waals surface area contributed by atoms with Crippen LogP contribution in [0.3, 0.4) is 0 Å². The van der Waals surface area contributed by atoms with Crippen LogP contribution in [0.5, 0.6) is 0 Å². The zero-order valence-corrected chi connectivity index (χ0v) is 15.2. The van der Waals surface area contributed by atoms with Crippen molar-refractivity contribution in [2.45, 2.75) is 18.9 Å². The highest BCUT2D eigenvalue weighted by molar-refractivity contribution is 5.78. The van der Waals surface area contributed by atoms with Gasteiger partial charge >= 0.3 is 0 Å². The van der Waals surface area contributed by atoms with Crippen LogP contribution in [0.15, 0.2) is 77.6 Å². The molecule has 0 saturated heterocycles. The molecule has 28 heavy (non-hydrogen) atoms. The third kappa shape index (κ3) is 2.52. The molecule has 4 aromatic rings. The molecule has 134 valence electrons. The quantitative estimate of drug-likeness (QED) is 0.541. The minimum Gasteiger partial charge on any atom is -0.324 e. The molecule has 0 aliphatic carbocycles. The van der Waals surface area contributed by atoms with Crippen molar-refractivity contribution in [3.05, 3.63) is 111 Å². The van der Waals surface area contributed by atoms with Gasteiger partial charge < -0.3 is 4.57 Å². The van der Waals surface area contributed by atoms with Crippen molar-refractivity contribution in [2.75, 3.05) is 0 Å². The van der Waals surface area contributed by atoms with Crippen LogP contribution in [0.2, 0.25) is 0 Å². The summed E-state index contributed by atoms with van der Waals surface area (Å²) in [6, 6.07) is 25.9. The van der Waals surface area contributed by atoms with Gasteiger partial charge in [0.25, 0.3) is 5.56 Å². The second-order valence-corrected chi connectivity index (χ2v) is 7.10. The minimum atomic E-state index is -0.195. The van der Waals surface area contributed by atoms with E-state index in [2.05, 4.69) is 27.8 Å². The van der Waals surface area contributed by atoms with E-state index in [0.29, 0.717) is 23.9 Å². The van der Waals surface area contributed by atoms with E-state index >= 15 is 0 Å². The summed E-state index contributed by atoms with van der Waals surface area (Å²) < 4.78 is 2.15.